The van der Waals surface area contributed by atoms with E-state index in [0.717, 1.165) is 38.4 Å². The summed E-state index contributed by atoms with van der Waals surface area (Å²) in [6.07, 6.45) is 2.39. The largest absolute Gasteiger partial charge is 0.465 e. The van der Waals surface area contributed by atoms with Crippen LogP contribution in [-0.4, -0.2) is 49.5 Å². The number of nitrogens with one attached hydrogen (secondary N) is 1. The SMILES string of the molecule is CCNC(=NCc1cc(C(=O)OC)c(C)o1)N1CCCC(CC(N)=O)C1. The number of carbonyl (C=O) groups is 2. The van der Waals surface area contributed by atoms with Crippen molar-refractivity contribution in [3.63, 3.8) is 0 Å². The van der Waals surface area contributed by atoms with E-state index in [9.17, 15) is 9.59 Å². The molecule has 1 aromatic rings. The maximum absolute atomic E-state index is 11.7. The van der Waals surface area contributed by atoms with Gasteiger partial charge >= 0.3 is 5.97 Å². The lowest BCUT2D eigenvalue weighted by molar-refractivity contribution is -0.119. The van der Waals surface area contributed by atoms with Gasteiger partial charge in [-0.15, -0.1) is 0 Å². The van der Waals surface area contributed by atoms with Gasteiger partial charge in [0.25, 0.3) is 0 Å². The minimum Gasteiger partial charge on any atom is -0.465 e. The Morgan fingerprint density at radius 3 is 2.92 bits per heavy atom. The van der Waals surface area contributed by atoms with Crippen molar-refractivity contribution < 1.29 is 18.7 Å². The monoisotopic (exact) mass is 364 g/mol. The zero-order valence-electron chi connectivity index (χ0n) is 15.7. The zero-order valence-corrected chi connectivity index (χ0v) is 15.7. The number of primary amides is 1. The lowest BCUT2D eigenvalue weighted by Gasteiger charge is -2.34. The number of aliphatic imine (C=N–C) groups is 1. The van der Waals surface area contributed by atoms with Crippen LogP contribution in [0.2, 0.25) is 0 Å². The predicted octanol–water partition coefficient (Wildman–Crippen LogP) is 1.43. The van der Waals surface area contributed by atoms with Crippen molar-refractivity contribution in [2.24, 2.45) is 16.6 Å². The first-order valence-corrected chi connectivity index (χ1v) is 8.93. The molecule has 1 aliphatic rings. The van der Waals surface area contributed by atoms with Crippen LogP contribution in [0.1, 0.15) is 48.1 Å². The third-order valence-corrected chi connectivity index (χ3v) is 4.40. The lowest BCUT2D eigenvalue weighted by Crippen LogP contribution is -2.47. The summed E-state index contributed by atoms with van der Waals surface area (Å²) in [6, 6.07) is 1.67. The zero-order chi connectivity index (χ0) is 19.1. The molecule has 0 bridgehead atoms. The number of hydrogen-bond acceptors (Lipinski definition) is 5. The number of amides is 1. The molecule has 0 aromatic carbocycles. The average Bonchev–Trinajstić information content (AvgIpc) is 2.98. The van der Waals surface area contributed by atoms with E-state index in [1.165, 1.54) is 7.11 Å². The molecule has 0 spiro atoms. The molecule has 2 rings (SSSR count). The number of aryl methyl sites for hydroxylation is 1. The topological polar surface area (TPSA) is 110 Å². The second-order valence-electron chi connectivity index (χ2n) is 6.47. The van der Waals surface area contributed by atoms with Crippen LogP contribution in [0.15, 0.2) is 15.5 Å². The number of methoxy groups -OCH3 is 1. The van der Waals surface area contributed by atoms with Gasteiger partial charge in [-0.1, -0.05) is 0 Å². The van der Waals surface area contributed by atoms with Gasteiger partial charge in [0.2, 0.25) is 5.91 Å². The molecule has 1 amide bonds. The molecular weight excluding hydrogens is 336 g/mol. The third kappa shape index (κ3) is 5.24. The van der Waals surface area contributed by atoms with Gasteiger partial charge < -0.3 is 25.1 Å². The molecule has 8 heteroatoms. The van der Waals surface area contributed by atoms with E-state index < -0.39 is 5.97 Å². The van der Waals surface area contributed by atoms with Crippen molar-refractivity contribution >= 4 is 17.8 Å². The lowest BCUT2D eigenvalue weighted by atomic mass is 9.95. The number of likely N-dealkylation sites (tertiary alicyclic amines) is 1. The van der Waals surface area contributed by atoms with Crippen molar-refractivity contribution in [3.8, 4) is 0 Å². The number of ether oxygens (including phenoxy) is 1. The number of esters is 1. The molecule has 1 aliphatic heterocycles. The summed E-state index contributed by atoms with van der Waals surface area (Å²) < 4.78 is 10.4. The van der Waals surface area contributed by atoms with E-state index >= 15 is 0 Å². The molecule has 26 heavy (non-hydrogen) atoms. The Hall–Kier alpha value is -2.51. The first-order chi connectivity index (χ1) is 12.4. The Labute approximate surface area is 153 Å². The van der Waals surface area contributed by atoms with E-state index in [1.54, 1.807) is 13.0 Å². The Bertz CT molecular complexity index is 668. The maximum atomic E-state index is 11.7. The van der Waals surface area contributed by atoms with Crippen LogP contribution in [0.4, 0.5) is 0 Å². The summed E-state index contributed by atoms with van der Waals surface area (Å²) in [7, 11) is 1.34. The summed E-state index contributed by atoms with van der Waals surface area (Å²) in [6.45, 7) is 6.42. The molecular formula is C18H28N4O4. The fraction of sp³-hybridized carbons (Fsp3) is 0.611. The number of hydrogen-bond donors (Lipinski definition) is 2. The number of furan rings is 1. The minimum absolute atomic E-state index is 0.252. The molecule has 144 valence electrons. The van der Waals surface area contributed by atoms with Crippen molar-refractivity contribution in [2.45, 2.75) is 39.7 Å². The molecule has 1 aromatic heterocycles. The van der Waals surface area contributed by atoms with E-state index in [0.29, 0.717) is 30.0 Å². The average molecular weight is 364 g/mol. The molecule has 1 saturated heterocycles. The smallest absolute Gasteiger partial charge is 0.341 e. The first-order valence-electron chi connectivity index (χ1n) is 8.93. The molecule has 1 atom stereocenters. The van der Waals surface area contributed by atoms with E-state index in [2.05, 4.69) is 15.2 Å². The van der Waals surface area contributed by atoms with Gasteiger partial charge in [0.1, 0.15) is 23.6 Å². The number of nitrogens with two attached hydrogens (primary N) is 1. The Kier molecular flexibility index (Phi) is 7.06. The van der Waals surface area contributed by atoms with Crippen molar-refractivity contribution in [1.29, 1.82) is 0 Å². The summed E-state index contributed by atoms with van der Waals surface area (Å²) in [4.78, 5) is 29.7. The van der Waals surface area contributed by atoms with E-state index in [-0.39, 0.29) is 11.8 Å². The normalized spacial score (nSPS) is 17.9. The second kappa shape index (κ2) is 9.26. The third-order valence-electron chi connectivity index (χ3n) is 4.40. The van der Waals surface area contributed by atoms with Crippen molar-refractivity contribution in [1.82, 2.24) is 10.2 Å². The maximum Gasteiger partial charge on any atom is 0.341 e. The summed E-state index contributed by atoms with van der Waals surface area (Å²) in [5.74, 6) is 1.46. The molecule has 0 aliphatic carbocycles. The molecule has 0 saturated carbocycles. The molecule has 2 heterocycles. The van der Waals surface area contributed by atoms with Crippen LogP contribution in [0.3, 0.4) is 0 Å². The highest BCUT2D eigenvalue weighted by atomic mass is 16.5. The van der Waals surface area contributed by atoms with Crippen LogP contribution < -0.4 is 11.1 Å². The van der Waals surface area contributed by atoms with Gasteiger partial charge in [-0.25, -0.2) is 9.79 Å². The molecule has 1 fully saturated rings. The summed E-state index contributed by atoms with van der Waals surface area (Å²) >= 11 is 0. The second-order valence-corrected chi connectivity index (χ2v) is 6.47. The van der Waals surface area contributed by atoms with Crippen LogP contribution in [0.5, 0.6) is 0 Å². The number of piperidine rings is 1. The number of rotatable bonds is 6. The number of carbonyl (C=O) groups excluding carboxylic acids is 2. The standard InChI is InChI=1S/C18H28N4O4/c1-4-20-18(22-7-5-6-13(11-22)8-16(19)23)21-10-14-9-15(12(2)26-14)17(24)25-3/h9,13H,4-8,10-11H2,1-3H3,(H2,19,23)(H,20,21). The van der Waals surface area contributed by atoms with E-state index in [1.807, 2.05) is 6.92 Å². The predicted molar refractivity (Wildman–Crippen MR) is 97.7 cm³/mol. The first kappa shape index (κ1) is 19.8. The fourth-order valence-electron chi connectivity index (χ4n) is 3.22. The molecule has 0 radical (unpaired) electrons. The van der Waals surface area contributed by atoms with E-state index in [4.69, 9.17) is 14.9 Å². The summed E-state index contributed by atoms with van der Waals surface area (Å²) in [5, 5.41) is 3.28. The minimum atomic E-state index is -0.418. The Morgan fingerprint density at radius 2 is 2.27 bits per heavy atom. The Balaban J connectivity index is 2.08. The molecule has 8 nitrogen and oxygen atoms in total. The Morgan fingerprint density at radius 1 is 1.50 bits per heavy atom. The van der Waals surface area contributed by atoms with Gasteiger partial charge in [0, 0.05) is 26.1 Å². The summed E-state index contributed by atoms with van der Waals surface area (Å²) in [5.41, 5.74) is 5.76. The highest BCUT2D eigenvalue weighted by Gasteiger charge is 2.23. The van der Waals surface area contributed by atoms with Gasteiger partial charge in [-0.3, -0.25) is 4.79 Å². The highest BCUT2D eigenvalue weighted by Crippen LogP contribution is 2.20. The van der Waals surface area contributed by atoms with Crippen molar-refractivity contribution in [3.05, 3.63) is 23.2 Å². The molecule has 3 N–H and O–H groups in total. The van der Waals surface area contributed by atoms with Gasteiger partial charge in [-0.2, -0.15) is 0 Å². The fourth-order valence-corrected chi connectivity index (χ4v) is 3.22. The highest BCUT2D eigenvalue weighted by molar-refractivity contribution is 5.90. The number of guanidine groups is 1. The number of nitrogens with zero attached hydrogens (tertiary/aromatic N) is 2. The quantitative estimate of drug-likeness (QED) is 0.449. The van der Waals surface area contributed by atoms with Crippen molar-refractivity contribution in [2.75, 3.05) is 26.7 Å². The van der Waals surface area contributed by atoms with Crippen LogP contribution in [0, 0.1) is 12.8 Å². The van der Waals surface area contributed by atoms with Crippen LogP contribution in [-0.2, 0) is 16.1 Å². The van der Waals surface area contributed by atoms with Gasteiger partial charge in [0.15, 0.2) is 5.96 Å². The van der Waals surface area contributed by atoms with Gasteiger partial charge in [0.05, 0.1) is 7.11 Å². The van der Waals surface area contributed by atoms with Crippen LogP contribution in [0.25, 0.3) is 0 Å². The van der Waals surface area contributed by atoms with Crippen LogP contribution >= 0.6 is 0 Å². The van der Waals surface area contributed by atoms with Gasteiger partial charge in [-0.05, 0) is 38.7 Å². The molecule has 1 unspecified atom stereocenters.